The van der Waals surface area contributed by atoms with Crippen molar-refractivity contribution < 1.29 is 4.79 Å². The third kappa shape index (κ3) is 2.31. The van der Waals surface area contributed by atoms with E-state index in [2.05, 4.69) is 10.1 Å². The predicted octanol–water partition coefficient (Wildman–Crippen LogP) is 2.28. The van der Waals surface area contributed by atoms with Crippen molar-refractivity contribution >= 4 is 5.91 Å². The van der Waals surface area contributed by atoms with E-state index < -0.39 is 0 Å². The number of carbonyl (C=O) groups excluding carboxylic acids is 1. The monoisotopic (exact) mass is 270 g/mol. The van der Waals surface area contributed by atoms with E-state index >= 15 is 0 Å². The van der Waals surface area contributed by atoms with Gasteiger partial charge in [-0.3, -0.25) is 4.79 Å². The van der Waals surface area contributed by atoms with E-state index in [0.717, 1.165) is 12.8 Å². The zero-order chi connectivity index (χ0) is 13.9. The van der Waals surface area contributed by atoms with Crippen LogP contribution in [0, 0.1) is 0 Å². The van der Waals surface area contributed by atoms with Gasteiger partial charge in [0, 0.05) is 31.7 Å². The van der Waals surface area contributed by atoms with Gasteiger partial charge < -0.3 is 4.90 Å². The van der Waals surface area contributed by atoms with Gasteiger partial charge in [-0.15, -0.1) is 0 Å². The first-order valence-electron chi connectivity index (χ1n) is 6.99. The van der Waals surface area contributed by atoms with E-state index in [0.29, 0.717) is 17.4 Å². The highest BCUT2D eigenvalue weighted by Crippen LogP contribution is 2.24. The van der Waals surface area contributed by atoms with Crippen molar-refractivity contribution in [2.24, 2.45) is 0 Å². The summed E-state index contributed by atoms with van der Waals surface area (Å²) in [6.45, 7) is 0. The highest BCUT2D eigenvalue weighted by molar-refractivity contribution is 5.97. The van der Waals surface area contributed by atoms with Crippen molar-refractivity contribution in [3.63, 3.8) is 0 Å². The second-order valence-electron chi connectivity index (χ2n) is 5.18. The number of amides is 1. The van der Waals surface area contributed by atoms with Crippen LogP contribution in [-0.2, 0) is 0 Å². The van der Waals surface area contributed by atoms with Crippen LogP contribution in [0.25, 0.3) is 5.82 Å². The Morgan fingerprint density at radius 1 is 1.30 bits per heavy atom. The van der Waals surface area contributed by atoms with Crippen LogP contribution in [0.15, 0.2) is 36.8 Å². The molecule has 1 fully saturated rings. The minimum atomic E-state index is 0.0236. The second-order valence-corrected chi connectivity index (χ2v) is 5.18. The summed E-state index contributed by atoms with van der Waals surface area (Å²) in [6.07, 6.45) is 9.78. The van der Waals surface area contributed by atoms with Crippen molar-refractivity contribution in [3.05, 3.63) is 42.4 Å². The molecular formula is C15H18N4O. The maximum absolute atomic E-state index is 12.7. The summed E-state index contributed by atoms with van der Waals surface area (Å²) in [7, 11) is 1.89. The standard InChI is InChI=1S/C15H18N4O/c1-18(12-6-2-3-7-12)15(20)13-8-4-9-16-14(13)19-11-5-10-17-19/h4-5,8-12H,2-3,6-7H2,1H3. The summed E-state index contributed by atoms with van der Waals surface area (Å²) in [5, 5.41) is 4.17. The lowest BCUT2D eigenvalue weighted by Crippen LogP contribution is -2.35. The summed E-state index contributed by atoms with van der Waals surface area (Å²) in [4.78, 5) is 18.9. The molecule has 2 aromatic rings. The van der Waals surface area contributed by atoms with Crippen LogP contribution < -0.4 is 0 Å². The third-order valence-electron chi connectivity index (χ3n) is 3.93. The normalized spacial score (nSPS) is 15.4. The molecule has 0 radical (unpaired) electrons. The van der Waals surface area contributed by atoms with Crippen LogP contribution in [-0.4, -0.2) is 38.7 Å². The van der Waals surface area contributed by atoms with Crippen molar-refractivity contribution in [3.8, 4) is 5.82 Å². The Bertz CT molecular complexity index is 588. The van der Waals surface area contributed by atoms with Crippen LogP contribution in [0.5, 0.6) is 0 Å². The maximum atomic E-state index is 12.7. The zero-order valence-corrected chi connectivity index (χ0v) is 11.6. The molecule has 2 heterocycles. The molecule has 0 unspecified atom stereocenters. The minimum absolute atomic E-state index is 0.0236. The van der Waals surface area contributed by atoms with E-state index in [-0.39, 0.29) is 5.91 Å². The molecule has 3 rings (SSSR count). The van der Waals surface area contributed by atoms with Gasteiger partial charge in [0.2, 0.25) is 0 Å². The molecule has 0 aromatic carbocycles. The smallest absolute Gasteiger partial charge is 0.257 e. The number of hydrogen-bond acceptors (Lipinski definition) is 3. The summed E-state index contributed by atoms with van der Waals surface area (Å²) in [6, 6.07) is 5.79. The number of rotatable bonds is 3. The first-order chi connectivity index (χ1) is 9.77. The topological polar surface area (TPSA) is 51.0 Å². The fourth-order valence-corrected chi connectivity index (χ4v) is 2.79. The van der Waals surface area contributed by atoms with E-state index in [1.165, 1.54) is 12.8 Å². The number of pyridine rings is 1. The van der Waals surface area contributed by atoms with E-state index in [1.54, 1.807) is 29.3 Å². The molecule has 1 aliphatic carbocycles. The van der Waals surface area contributed by atoms with Crippen LogP contribution >= 0.6 is 0 Å². The molecule has 0 N–H and O–H groups in total. The highest BCUT2D eigenvalue weighted by Gasteiger charge is 2.26. The number of hydrogen-bond donors (Lipinski definition) is 0. The van der Waals surface area contributed by atoms with E-state index in [4.69, 9.17) is 0 Å². The Balaban J connectivity index is 1.91. The van der Waals surface area contributed by atoms with E-state index in [1.807, 2.05) is 24.1 Å². The SMILES string of the molecule is CN(C(=O)c1cccnc1-n1cccn1)C1CCCC1. The first kappa shape index (κ1) is 12.8. The first-order valence-corrected chi connectivity index (χ1v) is 6.99. The molecule has 0 atom stereocenters. The lowest BCUT2D eigenvalue weighted by molar-refractivity contribution is 0.0734. The molecule has 5 heteroatoms. The van der Waals surface area contributed by atoms with E-state index in [9.17, 15) is 4.79 Å². The van der Waals surface area contributed by atoms with Gasteiger partial charge in [0.15, 0.2) is 5.82 Å². The highest BCUT2D eigenvalue weighted by atomic mass is 16.2. The van der Waals surface area contributed by atoms with Gasteiger partial charge in [0.25, 0.3) is 5.91 Å². The van der Waals surface area contributed by atoms with Crippen molar-refractivity contribution in [1.82, 2.24) is 19.7 Å². The van der Waals surface area contributed by atoms with Crippen LogP contribution in [0.3, 0.4) is 0 Å². The molecule has 1 amide bonds. The Hall–Kier alpha value is -2.17. The Morgan fingerprint density at radius 3 is 2.80 bits per heavy atom. The quantitative estimate of drug-likeness (QED) is 0.859. The fraction of sp³-hybridized carbons (Fsp3) is 0.400. The second kappa shape index (κ2) is 5.45. The molecule has 0 spiro atoms. The van der Waals surface area contributed by atoms with Gasteiger partial charge >= 0.3 is 0 Å². The molecule has 104 valence electrons. The summed E-state index contributed by atoms with van der Waals surface area (Å²) < 4.78 is 1.63. The molecular weight excluding hydrogens is 252 g/mol. The molecule has 0 aliphatic heterocycles. The van der Waals surface area contributed by atoms with Gasteiger partial charge in [0.1, 0.15) is 0 Å². The maximum Gasteiger partial charge on any atom is 0.257 e. The minimum Gasteiger partial charge on any atom is -0.339 e. The van der Waals surface area contributed by atoms with Crippen LogP contribution in [0.1, 0.15) is 36.0 Å². The van der Waals surface area contributed by atoms with Gasteiger partial charge in [0.05, 0.1) is 5.56 Å². The molecule has 5 nitrogen and oxygen atoms in total. The number of nitrogens with zero attached hydrogens (tertiary/aromatic N) is 4. The molecule has 0 saturated heterocycles. The van der Waals surface area contributed by atoms with Gasteiger partial charge in [-0.25, -0.2) is 9.67 Å². The van der Waals surface area contributed by atoms with Crippen molar-refractivity contribution in [2.45, 2.75) is 31.7 Å². The van der Waals surface area contributed by atoms with Crippen molar-refractivity contribution in [2.75, 3.05) is 7.05 Å². The summed E-state index contributed by atoms with van der Waals surface area (Å²) >= 11 is 0. The molecule has 20 heavy (non-hydrogen) atoms. The molecule has 1 aliphatic rings. The lowest BCUT2D eigenvalue weighted by atomic mass is 10.1. The van der Waals surface area contributed by atoms with Gasteiger partial charge in [-0.2, -0.15) is 5.10 Å². The third-order valence-corrected chi connectivity index (χ3v) is 3.93. The Labute approximate surface area is 118 Å². The van der Waals surface area contributed by atoms with Gasteiger partial charge in [-0.1, -0.05) is 12.8 Å². The molecule has 1 saturated carbocycles. The summed E-state index contributed by atoms with van der Waals surface area (Å²) in [5.41, 5.74) is 0.602. The average molecular weight is 270 g/mol. The number of carbonyl (C=O) groups is 1. The average Bonchev–Trinajstić information content (AvgIpc) is 3.18. The Morgan fingerprint density at radius 2 is 2.10 bits per heavy atom. The predicted molar refractivity (Wildman–Crippen MR) is 75.7 cm³/mol. The fourth-order valence-electron chi connectivity index (χ4n) is 2.79. The number of aromatic nitrogens is 3. The van der Waals surface area contributed by atoms with Crippen molar-refractivity contribution in [1.29, 1.82) is 0 Å². The summed E-state index contributed by atoms with van der Waals surface area (Å²) in [5.74, 6) is 0.614. The zero-order valence-electron chi connectivity index (χ0n) is 11.6. The van der Waals surface area contributed by atoms with Crippen LogP contribution in [0.2, 0.25) is 0 Å². The Kier molecular flexibility index (Phi) is 3.50. The van der Waals surface area contributed by atoms with Crippen LogP contribution in [0.4, 0.5) is 0 Å². The largest absolute Gasteiger partial charge is 0.339 e. The van der Waals surface area contributed by atoms with Gasteiger partial charge in [-0.05, 0) is 31.0 Å². The molecule has 2 aromatic heterocycles. The molecule has 0 bridgehead atoms. The lowest BCUT2D eigenvalue weighted by Gasteiger charge is -2.25.